The number of thioether (sulfide) groups is 1. The minimum Gasteiger partial charge on any atom is -0.496 e. The lowest BCUT2D eigenvalue weighted by molar-refractivity contribution is -0.137. The van der Waals surface area contributed by atoms with Gasteiger partial charge in [0, 0.05) is 12.1 Å². The molecule has 0 bridgehead atoms. The summed E-state index contributed by atoms with van der Waals surface area (Å²) in [7, 11) is 1.56. The molecule has 2 rings (SSSR count). The van der Waals surface area contributed by atoms with Gasteiger partial charge < -0.3 is 14.8 Å². The Bertz CT molecular complexity index is 689. The number of esters is 1. The zero-order valence-corrected chi connectivity index (χ0v) is 14.9. The third-order valence-corrected chi connectivity index (χ3v) is 4.43. The van der Waals surface area contributed by atoms with E-state index in [0.717, 1.165) is 5.56 Å². The molecule has 25 heavy (non-hydrogen) atoms. The molecule has 1 aromatic rings. The second-order valence-electron chi connectivity index (χ2n) is 5.09. The predicted octanol–water partition coefficient (Wildman–Crippen LogP) is 1.29. The molecule has 0 radical (unpaired) electrons. The van der Waals surface area contributed by atoms with Gasteiger partial charge in [-0.25, -0.2) is 4.79 Å². The van der Waals surface area contributed by atoms with Crippen molar-refractivity contribution in [1.29, 1.82) is 0 Å². The van der Waals surface area contributed by atoms with E-state index in [1.54, 1.807) is 14.0 Å². The van der Waals surface area contributed by atoms with E-state index < -0.39 is 5.97 Å². The molecule has 134 valence electrons. The van der Waals surface area contributed by atoms with Crippen LogP contribution in [0.5, 0.6) is 5.75 Å². The van der Waals surface area contributed by atoms with Crippen molar-refractivity contribution in [1.82, 2.24) is 10.2 Å². The van der Waals surface area contributed by atoms with Crippen molar-refractivity contribution in [3.8, 4) is 5.75 Å². The van der Waals surface area contributed by atoms with Crippen LogP contribution >= 0.6 is 11.8 Å². The summed E-state index contributed by atoms with van der Waals surface area (Å²) in [6.07, 6.45) is 1.24. The number of hydrogen-bond acceptors (Lipinski definition) is 6. The fraction of sp³-hybridized carbons (Fsp3) is 0.353. The lowest BCUT2D eigenvalue weighted by Gasteiger charge is -2.17. The lowest BCUT2D eigenvalue weighted by atomic mass is 10.2. The molecule has 0 saturated carbocycles. The molecule has 2 amide bonds. The first-order chi connectivity index (χ1) is 12.0. The first-order valence-corrected chi connectivity index (χ1v) is 8.74. The van der Waals surface area contributed by atoms with Crippen LogP contribution in [0.1, 0.15) is 12.5 Å². The molecular formula is C17H20N2O5S. The van der Waals surface area contributed by atoms with Gasteiger partial charge in [-0.05, 0) is 13.0 Å². The Balaban J connectivity index is 1.96. The van der Waals surface area contributed by atoms with Crippen molar-refractivity contribution in [2.45, 2.75) is 13.5 Å². The van der Waals surface area contributed by atoms with Gasteiger partial charge in [-0.1, -0.05) is 30.0 Å². The molecule has 1 aliphatic heterocycles. The van der Waals surface area contributed by atoms with Crippen LogP contribution in [-0.4, -0.2) is 48.7 Å². The van der Waals surface area contributed by atoms with E-state index in [-0.39, 0.29) is 37.3 Å². The van der Waals surface area contributed by atoms with Gasteiger partial charge in [0.25, 0.3) is 0 Å². The van der Waals surface area contributed by atoms with Crippen molar-refractivity contribution < 1.29 is 23.9 Å². The molecule has 0 spiro atoms. The minimum absolute atomic E-state index is 0.147. The number of hydrogen-bond donors (Lipinski definition) is 1. The first-order valence-electron chi connectivity index (χ1n) is 7.75. The van der Waals surface area contributed by atoms with Crippen molar-refractivity contribution in [2.75, 3.05) is 26.0 Å². The number of nitrogens with one attached hydrogen (secondary N) is 1. The highest BCUT2D eigenvalue weighted by Gasteiger charge is 2.29. The average Bonchev–Trinajstić information content (AvgIpc) is 2.93. The standard InChI is InChI=1S/C17H20N2O5S/c1-3-24-17(22)8-16-19(15(21)11-25-16)10-14(20)18-9-12-6-4-5-7-13(12)23-2/h4-8H,3,9-11H2,1-2H3,(H,18,20). The largest absolute Gasteiger partial charge is 0.496 e. The maximum absolute atomic E-state index is 12.2. The quantitative estimate of drug-likeness (QED) is 0.580. The van der Waals surface area contributed by atoms with Crippen molar-refractivity contribution in [2.24, 2.45) is 0 Å². The van der Waals surface area contributed by atoms with E-state index in [1.165, 1.54) is 22.7 Å². The van der Waals surface area contributed by atoms with Crippen molar-refractivity contribution in [3.63, 3.8) is 0 Å². The van der Waals surface area contributed by atoms with E-state index in [1.807, 2.05) is 24.3 Å². The molecule has 1 N–H and O–H groups in total. The highest BCUT2D eigenvalue weighted by molar-refractivity contribution is 8.04. The number of rotatable bonds is 7. The van der Waals surface area contributed by atoms with E-state index in [0.29, 0.717) is 10.8 Å². The van der Waals surface area contributed by atoms with E-state index in [2.05, 4.69) is 5.32 Å². The Labute approximate surface area is 150 Å². The Morgan fingerprint density at radius 3 is 2.84 bits per heavy atom. The number of ether oxygens (including phenoxy) is 2. The van der Waals surface area contributed by atoms with Crippen LogP contribution in [0, 0.1) is 0 Å². The Morgan fingerprint density at radius 2 is 2.12 bits per heavy atom. The molecule has 1 fully saturated rings. The van der Waals surface area contributed by atoms with E-state index >= 15 is 0 Å². The number of benzene rings is 1. The number of methoxy groups -OCH3 is 1. The van der Waals surface area contributed by atoms with Crippen molar-refractivity contribution >= 4 is 29.5 Å². The van der Waals surface area contributed by atoms with Gasteiger partial charge >= 0.3 is 5.97 Å². The summed E-state index contributed by atoms with van der Waals surface area (Å²) >= 11 is 1.21. The predicted molar refractivity (Wildman–Crippen MR) is 93.7 cm³/mol. The van der Waals surface area contributed by atoms with Gasteiger partial charge in [0.15, 0.2) is 0 Å². The van der Waals surface area contributed by atoms with Gasteiger partial charge in [-0.15, -0.1) is 0 Å². The van der Waals surface area contributed by atoms with Crippen LogP contribution < -0.4 is 10.1 Å². The molecule has 8 heteroatoms. The summed E-state index contributed by atoms with van der Waals surface area (Å²) in [5, 5.41) is 3.18. The second-order valence-corrected chi connectivity index (χ2v) is 6.09. The van der Waals surface area contributed by atoms with Crippen LogP contribution in [0.3, 0.4) is 0 Å². The summed E-state index contributed by atoms with van der Waals surface area (Å²) in [5.74, 6) is -0.187. The molecule has 1 aromatic carbocycles. The molecule has 1 aliphatic rings. The zero-order chi connectivity index (χ0) is 18.2. The molecule has 0 unspecified atom stereocenters. The van der Waals surface area contributed by atoms with Gasteiger partial charge in [0.2, 0.25) is 11.8 Å². The molecule has 0 aliphatic carbocycles. The highest BCUT2D eigenvalue weighted by Crippen LogP contribution is 2.28. The zero-order valence-electron chi connectivity index (χ0n) is 14.1. The molecule has 0 aromatic heterocycles. The second kappa shape index (κ2) is 9.12. The molecule has 1 heterocycles. The SMILES string of the molecule is CCOC(=O)C=C1SCC(=O)N1CC(=O)NCc1ccccc1OC. The molecular weight excluding hydrogens is 344 g/mol. The van der Waals surface area contributed by atoms with Gasteiger partial charge in [-0.2, -0.15) is 0 Å². The molecule has 0 atom stereocenters. The smallest absolute Gasteiger partial charge is 0.333 e. The number of para-hydroxylation sites is 1. The Morgan fingerprint density at radius 1 is 1.36 bits per heavy atom. The number of nitrogens with zero attached hydrogens (tertiary/aromatic N) is 1. The van der Waals surface area contributed by atoms with Crippen LogP contribution in [0.4, 0.5) is 0 Å². The minimum atomic E-state index is -0.529. The maximum Gasteiger partial charge on any atom is 0.333 e. The van der Waals surface area contributed by atoms with Gasteiger partial charge in [0.1, 0.15) is 12.3 Å². The molecule has 7 nitrogen and oxygen atoms in total. The summed E-state index contributed by atoms with van der Waals surface area (Å²) in [6, 6.07) is 7.35. The fourth-order valence-corrected chi connectivity index (χ4v) is 3.16. The summed E-state index contributed by atoms with van der Waals surface area (Å²) < 4.78 is 10.1. The van der Waals surface area contributed by atoms with E-state index in [4.69, 9.17) is 9.47 Å². The summed E-state index contributed by atoms with van der Waals surface area (Å²) in [4.78, 5) is 37.0. The number of amides is 2. The van der Waals surface area contributed by atoms with E-state index in [9.17, 15) is 14.4 Å². The Kier molecular flexibility index (Phi) is 6.88. The molecule has 1 saturated heterocycles. The van der Waals surface area contributed by atoms with Gasteiger partial charge in [-0.3, -0.25) is 14.5 Å². The van der Waals surface area contributed by atoms with Crippen LogP contribution in [0.2, 0.25) is 0 Å². The number of carbonyl (C=O) groups excluding carboxylic acids is 3. The fourth-order valence-electron chi connectivity index (χ4n) is 2.23. The lowest BCUT2D eigenvalue weighted by Crippen LogP contribution is -2.37. The summed E-state index contributed by atoms with van der Waals surface area (Å²) in [6.45, 7) is 2.09. The average molecular weight is 364 g/mol. The Hall–Kier alpha value is -2.48. The maximum atomic E-state index is 12.2. The van der Waals surface area contributed by atoms with Crippen LogP contribution in [0.15, 0.2) is 35.4 Å². The monoisotopic (exact) mass is 364 g/mol. The highest BCUT2D eigenvalue weighted by atomic mass is 32.2. The van der Waals surface area contributed by atoms with Gasteiger partial charge in [0.05, 0.1) is 30.6 Å². The topological polar surface area (TPSA) is 84.9 Å². The third kappa shape index (κ3) is 5.25. The normalized spacial score (nSPS) is 15.4. The van der Waals surface area contributed by atoms with Crippen LogP contribution in [0.25, 0.3) is 0 Å². The number of carbonyl (C=O) groups is 3. The summed E-state index contributed by atoms with van der Waals surface area (Å²) in [5.41, 5.74) is 0.836. The first kappa shape index (κ1) is 18.9. The van der Waals surface area contributed by atoms with Crippen molar-refractivity contribution in [3.05, 3.63) is 40.9 Å². The third-order valence-electron chi connectivity index (χ3n) is 3.41. The van der Waals surface area contributed by atoms with Crippen LogP contribution in [-0.2, 0) is 25.7 Å².